The fourth-order valence-corrected chi connectivity index (χ4v) is 4.89. The van der Waals surface area contributed by atoms with Gasteiger partial charge in [0.1, 0.15) is 17.9 Å². The average Bonchev–Trinajstić information content (AvgIpc) is 3.19. The molecule has 0 unspecified atom stereocenters. The van der Waals surface area contributed by atoms with Gasteiger partial charge >= 0.3 is 5.97 Å². The molecule has 2 aliphatic heterocycles. The Morgan fingerprint density at radius 1 is 1.24 bits per heavy atom. The Labute approximate surface area is 190 Å². The van der Waals surface area contributed by atoms with Crippen LogP contribution in [0.2, 0.25) is 0 Å². The number of nitrogens with zero attached hydrogens (tertiary/aromatic N) is 2. The first kappa shape index (κ1) is 23.0. The highest BCUT2D eigenvalue weighted by Crippen LogP contribution is 2.50. The number of para-hydroxylation sites is 1. The van der Waals surface area contributed by atoms with Crippen molar-refractivity contribution in [2.75, 3.05) is 26.2 Å². The lowest BCUT2D eigenvalue weighted by Crippen LogP contribution is -2.63. The molecule has 176 valence electrons. The summed E-state index contributed by atoms with van der Waals surface area (Å²) in [6.07, 6.45) is -1.89. The van der Waals surface area contributed by atoms with E-state index in [4.69, 9.17) is 18.9 Å². The number of anilines is 1. The molecule has 0 fully saturated rings. The van der Waals surface area contributed by atoms with Gasteiger partial charge in [-0.05, 0) is 24.6 Å². The Kier molecular flexibility index (Phi) is 6.00. The van der Waals surface area contributed by atoms with Gasteiger partial charge in [-0.2, -0.15) is 0 Å². The van der Waals surface area contributed by atoms with Crippen molar-refractivity contribution in [2.24, 2.45) is 0 Å². The fraction of sp³-hybridized carbons (Fsp3) is 0.435. The van der Waals surface area contributed by atoms with Crippen LogP contribution >= 0.6 is 0 Å². The number of hydrogen-bond donors (Lipinski definition) is 1. The van der Waals surface area contributed by atoms with E-state index in [0.29, 0.717) is 17.7 Å². The number of aliphatic hydroxyl groups excluding tert-OH is 1. The summed E-state index contributed by atoms with van der Waals surface area (Å²) in [6.45, 7) is 1.64. The molecule has 0 saturated carbocycles. The van der Waals surface area contributed by atoms with Crippen molar-refractivity contribution in [3.05, 3.63) is 63.7 Å². The average molecular weight is 458 g/mol. The molecular weight excluding hydrogens is 432 g/mol. The third-order valence-electron chi connectivity index (χ3n) is 6.43. The minimum absolute atomic E-state index is 0.157. The van der Waals surface area contributed by atoms with Gasteiger partial charge in [-0.25, -0.2) is 4.79 Å². The van der Waals surface area contributed by atoms with E-state index in [1.807, 2.05) is 24.3 Å². The highest BCUT2D eigenvalue weighted by atomic mass is 16.7. The van der Waals surface area contributed by atoms with Crippen molar-refractivity contribution in [3.63, 3.8) is 0 Å². The number of esters is 1. The number of non-ortho nitro benzene ring substituents is 1. The molecule has 33 heavy (non-hydrogen) atoms. The van der Waals surface area contributed by atoms with Gasteiger partial charge < -0.3 is 29.0 Å². The molecular formula is C23H26N2O8. The number of aliphatic hydroxyl groups is 1. The number of hydrogen-bond acceptors (Lipinski definition) is 9. The Bertz CT molecular complexity index is 1070. The Hall–Kier alpha value is -3.21. The lowest BCUT2D eigenvalue weighted by Gasteiger charge is -2.50. The minimum atomic E-state index is -1.39. The summed E-state index contributed by atoms with van der Waals surface area (Å²) in [5.41, 5.74) is 0.455. The van der Waals surface area contributed by atoms with Crippen LogP contribution in [-0.4, -0.2) is 61.4 Å². The van der Waals surface area contributed by atoms with Crippen LogP contribution in [0.15, 0.2) is 42.5 Å². The minimum Gasteiger partial charge on any atom is -0.479 e. The first-order valence-corrected chi connectivity index (χ1v) is 10.4. The van der Waals surface area contributed by atoms with Crippen molar-refractivity contribution >= 4 is 17.3 Å². The molecule has 2 aromatic rings. The molecule has 0 amide bonds. The second-order valence-corrected chi connectivity index (χ2v) is 8.24. The Morgan fingerprint density at radius 3 is 2.58 bits per heavy atom. The van der Waals surface area contributed by atoms with Gasteiger partial charge in [-0.1, -0.05) is 18.2 Å². The van der Waals surface area contributed by atoms with Gasteiger partial charge in [-0.3, -0.25) is 10.1 Å². The maximum atomic E-state index is 12.8. The van der Waals surface area contributed by atoms with Crippen LogP contribution < -0.4 is 9.64 Å². The SMILES string of the molecule is COC(=O)[C@@H]1Cc2ccccc2N1[C@@H]1c2cc([N+](=O)[O-])ccc2O[C@](C)(C(OC)OC)[C@H]1O. The van der Waals surface area contributed by atoms with Crippen molar-refractivity contribution in [2.45, 2.75) is 43.4 Å². The zero-order valence-corrected chi connectivity index (χ0v) is 18.8. The van der Waals surface area contributed by atoms with Crippen LogP contribution in [0.4, 0.5) is 11.4 Å². The predicted molar refractivity (Wildman–Crippen MR) is 117 cm³/mol. The molecule has 4 atom stereocenters. The Balaban J connectivity index is 1.95. The quantitative estimate of drug-likeness (QED) is 0.301. The number of benzene rings is 2. The second kappa shape index (κ2) is 8.62. The number of nitro groups is 1. The number of ether oxygens (including phenoxy) is 4. The summed E-state index contributed by atoms with van der Waals surface area (Å²) in [4.78, 5) is 25.6. The maximum absolute atomic E-state index is 12.8. The van der Waals surface area contributed by atoms with Crippen LogP contribution in [0.5, 0.6) is 5.75 Å². The summed E-state index contributed by atoms with van der Waals surface area (Å²) >= 11 is 0. The lowest BCUT2D eigenvalue weighted by molar-refractivity contribution is -0.385. The molecule has 0 saturated heterocycles. The summed E-state index contributed by atoms with van der Waals surface area (Å²) in [7, 11) is 4.16. The zero-order chi connectivity index (χ0) is 23.9. The normalized spacial score (nSPS) is 25.9. The van der Waals surface area contributed by atoms with Crippen LogP contribution in [0, 0.1) is 10.1 Å². The predicted octanol–water partition coefficient (Wildman–Crippen LogP) is 2.37. The molecule has 10 nitrogen and oxygen atoms in total. The summed E-state index contributed by atoms with van der Waals surface area (Å²) in [5, 5.41) is 23.2. The number of rotatable bonds is 6. The molecule has 2 aliphatic rings. The third kappa shape index (κ3) is 3.60. The smallest absolute Gasteiger partial charge is 0.328 e. The van der Waals surface area contributed by atoms with Crippen LogP contribution in [0.3, 0.4) is 0 Å². The highest BCUT2D eigenvalue weighted by molar-refractivity contribution is 5.84. The topological polar surface area (TPSA) is 121 Å². The monoisotopic (exact) mass is 458 g/mol. The van der Waals surface area contributed by atoms with Gasteiger partial charge in [0.25, 0.3) is 5.69 Å². The summed E-state index contributed by atoms with van der Waals surface area (Å²) in [5.74, 6) is -0.154. The van der Waals surface area contributed by atoms with Crippen molar-refractivity contribution in [1.29, 1.82) is 0 Å². The van der Waals surface area contributed by atoms with Gasteiger partial charge in [0, 0.05) is 44.0 Å². The standard InChI is InChI=1S/C23H26N2O8/c1-23(22(31-3)32-4)20(26)19(15-12-14(25(28)29)9-10-18(15)33-23)24-16-8-6-5-7-13(16)11-17(24)21(27)30-2/h5-10,12,17,19-20,22,26H,11H2,1-4H3/t17-,19+,20-,23-/m0/s1. The Morgan fingerprint density at radius 2 is 1.94 bits per heavy atom. The van der Waals surface area contributed by atoms with E-state index in [9.17, 15) is 20.0 Å². The lowest BCUT2D eigenvalue weighted by atomic mass is 9.83. The van der Waals surface area contributed by atoms with Crippen molar-refractivity contribution < 1.29 is 33.8 Å². The first-order valence-electron chi connectivity index (χ1n) is 10.4. The first-order chi connectivity index (χ1) is 15.8. The molecule has 0 bridgehead atoms. The second-order valence-electron chi connectivity index (χ2n) is 8.24. The van der Waals surface area contributed by atoms with Crippen molar-refractivity contribution in [3.8, 4) is 5.75 Å². The molecule has 0 spiro atoms. The molecule has 0 aliphatic carbocycles. The molecule has 4 rings (SSSR count). The molecule has 10 heteroatoms. The van der Waals surface area contributed by atoms with E-state index < -0.39 is 41.0 Å². The number of carbonyl (C=O) groups is 1. The van der Waals surface area contributed by atoms with E-state index in [2.05, 4.69) is 0 Å². The highest BCUT2D eigenvalue weighted by Gasteiger charge is 2.56. The third-order valence-corrected chi connectivity index (χ3v) is 6.43. The summed E-state index contributed by atoms with van der Waals surface area (Å²) < 4.78 is 22.1. The maximum Gasteiger partial charge on any atom is 0.328 e. The van der Waals surface area contributed by atoms with Gasteiger partial charge in [0.05, 0.1) is 18.1 Å². The number of fused-ring (bicyclic) bond motifs is 2. The number of methoxy groups -OCH3 is 3. The fourth-order valence-electron chi connectivity index (χ4n) is 4.89. The van der Waals surface area contributed by atoms with Crippen LogP contribution in [0.25, 0.3) is 0 Å². The van der Waals surface area contributed by atoms with Crippen LogP contribution in [0.1, 0.15) is 24.1 Å². The van der Waals surface area contributed by atoms with E-state index in [1.165, 1.54) is 39.5 Å². The molecule has 0 radical (unpaired) electrons. The van der Waals surface area contributed by atoms with Gasteiger partial charge in [0.15, 0.2) is 11.9 Å². The molecule has 0 aromatic heterocycles. The molecule has 2 aromatic carbocycles. The number of carbonyl (C=O) groups excluding carboxylic acids is 1. The van der Waals surface area contributed by atoms with Crippen LogP contribution in [-0.2, 0) is 25.4 Å². The van der Waals surface area contributed by atoms with Gasteiger partial charge in [0.2, 0.25) is 0 Å². The number of nitro benzene ring substituents is 1. The zero-order valence-electron chi connectivity index (χ0n) is 18.8. The molecule has 1 N–H and O–H groups in total. The van der Waals surface area contributed by atoms with E-state index in [1.54, 1.807) is 11.8 Å². The summed E-state index contributed by atoms with van der Waals surface area (Å²) in [6, 6.07) is 10.00. The van der Waals surface area contributed by atoms with Crippen molar-refractivity contribution in [1.82, 2.24) is 0 Å². The van der Waals surface area contributed by atoms with E-state index in [-0.39, 0.29) is 5.69 Å². The molecule has 2 heterocycles. The van der Waals surface area contributed by atoms with E-state index in [0.717, 1.165) is 11.3 Å². The van der Waals surface area contributed by atoms with E-state index >= 15 is 0 Å². The van der Waals surface area contributed by atoms with Gasteiger partial charge in [-0.15, -0.1) is 0 Å². The largest absolute Gasteiger partial charge is 0.479 e.